The second-order valence-electron chi connectivity index (χ2n) is 8.86. The van der Waals surface area contributed by atoms with E-state index in [0.29, 0.717) is 5.56 Å². The van der Waals surface area contributed by atoms with Crippen molar-refractivity contribution in [2.45, 2.75) is 59.6 Å². The van der Waals surface area contributed by atoms with E-state index in [9.17, 15) is 19.2 Å². The number of nitrogens with one attached hydrogen (secondary N) is 2. The van der Waals surface area contributed by atoms with Crippen LogP contribution in [-0.2, 0) is 23.9 Å². The van der Waals surface area contributed by atoms with Crippen LogP contribution < -0.4 is 10.6 Å². The maximum Gasteiger partial charge on any atom is 0.408 e. The number of ether oxygens (including phenoxy) is 2. The van der Waals surface area contributed by atoms with Gasteiger partial charge in [-0.05, 0) is 47.1 Å². The van der Waals surface area contributed by atoms with E-state index in [0.717, 1.165) is 11.1 Å². The molecule has 0 radical (unpaired) electrons. The summed E-state index contributed by atoms with van der Waals surface area (Å²) < 4.78 is 10.1. The van der Waals surface area contributed by atoms with E-state index in [2.05, 4.69) is 17.2 Å². The van der Waals surface area contributed by atoms with E-state index in [4.69, 9.17) is 9.47 Å². The van der Waals surface area contributed by atoms with Crippen LogP contribution >= 0.6 is 0 Å². The fraction of sp³-hybridized carbons (Fsp3) is 0.520. The van der Waals surface area contributed by atoms with E-state index < -0.39 is 35.5 Å². The van der Waals surface area contributed by atoms with Crippen molar-refractivity contribution in [1.29, 1.82) is 0 Å². The lowest BCUT2D eigenvalue weighted by atomic mass is 9.99. The van der Waals surface area contributed by atoms with E-state index in [1.54, 1.807) is 27.7 Å². The normalized spacial score (nSPS) is 11.7. The van der Waals surface area contributed by atoms with E-state index in [-0.39, 0.29) is 32.7 Å². The Morgan fingerprint density at radius 1 is 1.09 bits per heavy atom. The molecule has 188 valence electrons. The van der Waals surface area contributed by atoms with Gasteiger partial charge in [0, 0.05) is 13.1 Å². The van der Waals surface area contributed by atoms with Crippen LogP contribution in [-0.4, -0.2) is 60.6 Å². The maximum absolute atomic E-state index is 13.2. The molecule has 0 saturated carbocycles. The Labute approximate surface area is 201 Å². The molecule has 0 aliphatic carbocycles. The number of aryl methyl sites for hydroxylation is 2. The summed E-state index contributed by atoms with van der Waals surface area (Å²) in [5, 5.41) is 5.16. The number of carbonyl (C=O) groups is 4. The van der Waals surface area contributed by atoms with E-state index in [1.807, 2.05) is 32.0 Å². The third-order valence-corrected chi connectivity index (χ3v) is 4.48. The van der Waals surface area contributed by atoms with Crippen LogP contribution in [0.5, 0.6) is 0 Å². The van der Waals surface area contributed by atoms with Gasteiger partial charge in [0.2, 0.25) is 11.8 Å². The summed E-state index contributed by atoms with van der Waals surface area (Å²) in [5.41, 5.74) is 1.75. The van der Waals surface area contributed by atoms with Crippen LogP contribution in [0, 0.1) is 13.8 Å². The lowest BCUT2D eigenvalue weighted by molar-refractivity contribution is -0.143. The quantitative estimate of drug-likeness (QED) is 0.376. The van der Waals surface area contributed by atoms with Crippen LogP contribution in [0.25, 0.3) is 0 Å². The summed E-state index contributed by atoms with van der Waals surface area (Å²) >= 11 is 0. The molecule has 0 heterocycles. The van der Waals surface area contributed by atoms with Gasteiger partial charge in [-0.3, -0.25) is 14.4 Å². The number of hydrogen-bond acceptors (Lipinski definition) is 6. The summed E-state index contributed by atoms with van der Waals surface area (Å²) in [6.07, 6.45) is 0.781. The summed E-state index contributed by atoms with van der Waals surface area (Å²) in [4.78, 5) is 51.4. The predicted molar refractivity (Wildman–Crippen MR) is 129 cm³/mol. The third kappa shape index (κ3) is 10.1. The minimum atomic E-state index is -0.994. The zero-order chi connectivity index (χ0) is 25.9. The molecule has 1 unspecified atom stereocenters. The number of hydrogen-bond donors (Lipinski definition) is 2. The molecule has 0 fully saturated rings. The smallest absolute Gasteiger partial charge is 0.408 e. The first-order valence-electron chi connectivity index (χ1n) is 11.3. The first-order valence-corrected chi connectivity index (χ1v) is 11.3. The van der Waals surface area contributed by atoms with Crippen molar-refractivity contribution in [2.75, 3.05) is 26.2 Å². The summed E-state index contributed by atoms with van der Waals surface area (Å²) in [6, 6.07) is 4.62. The standard InChI is InChI=1S/C25H37N3O6/c1-8-12-28(20(29)16-27-24(32)34-25(5,6)7)22(19-14-17(3)13-18(4)15-19)23(31)26-11-10-21(30)33-9-2/h8,13-15,22H,1,9-12,16H2,2-7H3,(H,26,31)(H,27,32). The van der Waals surface area contributed by atoms with Crippen LogP contribution in [0.1, 0.15) is 56.8 Å². The SMILES string of the molecule is C=CCN(C(=O)CNC(=O)OC(C)(C)C)C(C(=O)NCCC(=O)OCC)c1cc(C)cc(C)c1. The molecule has 0 aliphatic heterocycles. The van der Waals surface area contributed by atoms with Gasteiger partial charge in [0.15, 0.2) is 0 Å². The summed E-state index contributed by atoms with van der Waals surface area (Å²) in [6.45, 7) is 14.4. The molecule has 2 N–H and O–H groups in total. The second kappa shape index (κ2) is 13.4. The Balaban J connectivity index is 3.14. The molecule has 1 aromatic rings. The molecule has 0 aliphatic rings. The zero-order valence-electron chi connectivity index (χ0n) is 21.0. The number of alkyl carbamates (subject to hydrolysis) is 1. The van der Waals surface area contributed by atoms with Gasteiger partial charge in [-0.2, -0.15) is 0 Å². The predicted octanol–water partition coefficient (Wildman–Crippen LogP) is 2.95. The molecule has 0 bridgehead atoms. The van der Waals surface area contributed by atoms with Crippen LogP contribution in [0.15, 0.2) is 30.9 Å². The molecule has 9 heteroatoms. The molecule has 1 rings (SSSR count). The van der Waals surface area contributed by atoms with Crippen LogP contribution in [0.4, 0.5) is 4.79 Å². The lowest BCUT2D eigenvalue weighted by Crippen LogP contribution is -2.48. The van der Waals surface area contributed by atoms with Crippen molar-refractivity contribution in [3.05, 3.63) is 47.5 Å². The van der Waals surface area contributed by atoms with Crippen molar-refractivity contribution >= 4 is 23.9 Å². The molecule has 0 saturated heterocycles. The van der Waals surface area contributed by atoms with Crippen molar-refractivity contribution in [3.8, 4) is 0 Å². The van der Waals surface area contributed by atoms with Gasteiger partial charge in [-0.15, -0.1) is 6.58 Å². The molecular formula is C25H37N3O6. The van der Waals surface area contributed by atoms with Crippen molar-refractivity contribution in [2.24, 2.45) is 0 Å². The van der Waals surface area contributed by atoms with Gasteiger partial charge in [0.05, 0.1) is 13.0 Å². The topological polar surface area (TPSA) is 114 Å². The monoisotopic (exact) mass is 475 g/mol. The highest BCUT2D eigenvalue weighted by atomic mass is 16.6. The van der Waals surface area contributed by atoms with Gasteiger partial charge in [0.1, 0.15) is 18.2 Å². The number of rotatable bonds is 11. The first kappa shape index (κ1) is 28.7. The van der Waals surface area contributed by atoms with Crippen molar-refractivity contribution in [1.82, 2.24) is 15.5 Å². The molecule has 9 nitrogen and oxygen atoms in total. The number of nitrogens with zero attached hydrogens (tertiary/aromatic N) is 1. The highest BCUT2D eigenvalue weighted by molar-refractivity contribution is 5.90. The van der Waals surface area contributed by atoms with E-state index >= 15 is 0 Å². The second-order valence-corrected chi connectivity index (χ2v) is 8.86. The fourth-order valence-corrected chi connectivity index (χ4v) is 3.31. The highest BCUT2D eigenvalue weighted by Gasteiger charge is 2.31. The number of benzene rings is 1. The molecular weight excluding hydrogens is 438 g/mol. The Hall–Kier alpha value is -3.36. The number of amides is 3. The Kier molecular flexibility index (Phi) is 11.3. The molecule has 1 aromatic carbocycles. The van der Waals surface area contributed by atoms with Gasteiger partial charge in [0.25, 0.3) is 0 Å². The molecule has 0 spiro atoms. The molecule has 34 heavy (non-hydrogen) atoms. The number of esters is 1. The average molecular weight is 476 g/mol. The summed E-state index contributed by atoms with van der Waals surface area (Å²) in [5.74, 6) is -1.37. The van der Waals surface area contributed by atoms with Crippen molar-refractivity contribution in [3.63, 3.8) is 0 Å². The fourth-order valence-electron chi connectivity index (χ4n) is 3.31. The molecule has 1 atom stereocenters. The number of carbonyl (C=O) groups excluding carboxylic acids is 4. The Morgan fingerprint density at radius 2 is 1.71 bits per heavy atom. The van der Waals surface area contributed by atoms with Crippen LogP contribution in [0.3, 0.4) is 0 Å². The molecule has 0 aromatic heterocycles. The average Bonchev–Trinajstić information content (AvgIpc) is 2.70. The highest BCUT2D eigenvalue weighted by Crippen LogP contribution is 2.24. The molecule has 3 amide bonds. The van der Waals surface area contributed by atoms with Gasteiger partial charge < -0.3 is 25.0 Å². The van der Waals surface area contributed by atoms with Gasteiger partial charge in [-0.25, -0.2) is 4.79 Å². The van der Waals surface area contributed by atoms with Gasteiger partial charge >= 0.3 is 12.1 Å². The minimum absolute atomic E-state index is 0.00868. The largest absolute Gasteiger partial charge is 0.466 e. The minimum Gasteiger partial charge on any atom is -0.466 e. The van der Waals surface area contributed by atoms with E-state index in [1.165, 1.54) is 11.0 Å². The zero-order valence-corrected chi connectivity index (χ0v) is 21.0. The van der Waals surface area contributed by atoms with Crippen molar-refractivity contribution < 1.29 is 28.7 Å². The van der Waals surface area contributed by atoms with Gasteiger partial charge in [-0.1, -0.05) is 35.4 Å². The lowest BCUT2D eigenvalue weighted by Gasteiger charge is -2.31. The summed E-state index contributed by atoms with van der Waals surface area (Å²) in [7, 11) is 0. The third-order valence-electron chi connectivity index (χ3n) is 4.48. The Morgan fingerprint density at radius 3 is 2.24 bits per heavy atom. The first-order chi connectivity index (χ1) is 15.9. The van der Waals surface area contributed by atoms with Crippen LogP contribution in [0.2, 0.25) is 0 Å². The Bertz CT molecular complexity index is 871. The maximum atomic E-state index is 13.2.